The van der Waals surface area contributed by atoms with E-state index in [1.54, 1.807) is 0 Å². The molecule has 1 amide bonds. The standard InChI is InChI=1S/C20H36N4O3.HI/c1-3-21-20(24-14-11-16(12-15-24)19(26)27-4-2)22-13-10-18(25)23-17-8-6-5-7-9-17;/h16-17H,3-15H2,1-2H3,(H,21,22)(H,23,25);1H. The molecule has 7 nitrogen and oxygen atoms in total. The number of esters is 1. The van der Waals surface area contributed by atoms with Crippen molar-refractivity contribution in [2.75, 3.05) is 32.8 Å². The van der Waals surface area contributed by atoms with Crippen LogP contribution in [0, 0.1) is 5.92 Å². The molecule has 2 N–H and O–H groups in total. The molecule has 162 valence electrons. The fourth-order valence-corrected chi connectivity index (χ4v) is 3.82. The number of ether oxygens (including phenoxy) is 1. The van der Waals surface area contributed by atoms with Crippen molar-refractivity contribution in [2.45, 2.75) is 71.3 Å². The molecule has 1 saturated carbocycles. The zero-order chi connectivity index (χ0) is 19.5. The normalized spacial score (nSPS) is 18.9. The van der Waals surface area contributed by atoms with Gasteiger partial charge in [-0.3, -0.25) is 14.6 Å². The minimum atomic E-state index is -0.0847. The number of nitrogens with one attached hydrogen (secondary N) is 2. The molecule has 2 fully saturated rings. The van der Waals surface area contributed by atoms with Gasteiger partial charge in [0.25, 0.3) is 0 Å². The van der Waals surface area contributed by atoms with Gasteiger partial charge in [-0.05, 0) is 39.5 Å². The van der Waals surface area contributed by atoms with Crippen LogP contribution >= 0.6 is 24.0 Å². The number of amides is 1. The molecule has 0 aromatic carbocycles. The molecule has 28 heavy (non-hydrogen) atoms. The predicted molar refractivity (Wildman–Crippen MR) is 122 cm³/mol. The van der Waals surface area contributed by atoms with Gasteiger partial charge in [0, 0.05) is 32.1 Å². The zero-order valence-corrected chi connectivity index (χ0v) is 19.7. The number of hydrogen-bond donors (Lipinski definition) is 2. The second-order valence-electron chi connectivity index (χ2n) is 7.40. The Bertz CT molecular complexity index is 502. The number of aliphatic imine (C=N–C) groups is 1. The summed E-state index contributed by atoms with van der Waals surface area (Å²) in [6.07, 6.45) is 7.92. The molecule has 8 heteroatoms. The molecule has 0 spiro atoms. The van der Waals surface area contributed by atoms with E-state index in [0.29, 0.717) is 25.6 Å². The highest BCUT2D eigenvalue weighted by Gasteiger charge is 2.27. The van der Waals surface area contributed by atoms with Crippen molar-refractivity contribution in [2.24, 2.45) is 10.9 Å². The molecule has 1 aliphatic carbocycles. The molecule has 2 aliphatic rings. The Balaban J connectivity index is 0.00000392. The molecular formula is C20H37IN4O3. The average Bonchev–Trinajstić information content (AvgIpc) is 2.68. The first-order valence-corrected chi connectivity index (χ1v) is 10.6. The lowest BCUT2D eigenvalue weighted by Gasteiger charge is -2.33. The van der Waals surface area contributed by atoms with Crippen LogP contribution < -0.4 is 10.6 Å². The molecule has 0 radical (unpaired) electrons. The summed E-state index contributed by atoms with van der Waals surface area (Å²) in [5.74, 6) is 0.844. The Morgan fingerprint density at radius 3 is 2.36 bits per heavy atom. The van der Waals surface area contributed by atoms with E-state index in [0.717, 1.165) is 51.3 Å². The maximum Gasteiger partial charge on any atom is 0.309 e. The van der Waals surface area contributed by atoms with Crippen molar-refractivity contribution in [1.29, 1.82) is 0 Å². The highest BCUT2D eigenvalue weighted by molar-refractivity contribution is 14.0. The van der Waals surface area contributed by atoms with Gasteiger partial charge >= 0.3 is 5.97 Å². The Morgan fingerprint density at radius 2 is 1.75 bits per heavy atom. The van der Waals surface area contributed by atoms with Crippen molar-refractivity contribution < 1.29 is 14.3 Å². The van der Waals surface area contributed by atoms with Crippen LogP contribution in [0.15, 0.2) is 4.99 Å². The number of piperidine rings is 1. The van der Waals surface area contributed by atoms with Crippen LogP contribution in [0.25, 0.3) is 0 Å². The number of rotatable bonds is 7. The molecule has 1 aliphatic heterocycles. The van der Waals surface area contributed by atoms with Gasteiger partial charge in [0.05, 0.1) is 19.1 Å². The van der Waals surface area contributed by atoms with Crippen molar-refractivity contribution in [3.63, 3.8) is 0 Å². The van der Waals surface area contributed by atoms with Gasteiger partial charge in [0.15, 0.2) is 5.96 Å². The van der Waals surface area contributed by atoms with Gasteiger partial charge < -0.3 is 20.3 Å². The summed E-state index contributed by atoms with van der Waals surface area (Å²) in [5, 5.41) is 6.45. The molecule has 2 rings (SSSR count). The predicted octanol–water partition coefficient (Wildman–Crippen LogP) is 2.68. The largest absolute Gasteiger partial charge is 0.466 e. The summed E-state index contributed by atoms with van der Waals surface area (Å²) in [5.41, 5.74) is 0. The van der Waals surface area contributed by atoms with E-state index >= 15 is 0 Å². The molecule has 0 aromatic rings. The second kappa shape index (κ2) is 14.0. The Kier molecular flexibility index (Phi) is 12.5. The van der Waals surface area contributed by atoms with Crippen molar-refractivity contribution in [3.05, 3.63) is 0 Å². The van der Waals surface area contributed by atoms with Crippen LogP contribution in [0.3, 0.4) is 0 Å². The molecule has 0 atom stereocenters. The lowest BCUT2D eigenvalue weighted by molar-refractivity contribution is -0.149. The van der Waals surface area contributed by atoms with E-state index < -0.39 is 0 Å². The molecule has 0 unspecified atom stereocenters. The summed E-state index contributed by atoms with van der Waals surface area (Å²) in [6.45, 7) is 7.15. The Morgan fingerprint density at radius 1 is 1.07 bits per heavy atom. The first-order chi connectivity index (χ1) is 13.1. The number of nitrogens with zero attached hydrogens (tertiary/aromatic N) is 2. The van der Waals surface area contributed by atoms with E-state index in [1.807, 2.05) is 13.8 Å². The van der Waals surface area contributed by atoms with Gasteiger partial charge in [0.2, 0.25) is 5.91 Å². The monoisotopic (exact) mass is 508 g/mol. The fourth-order valence-electron chi connectivity index (χ4n) is 3.82. The lowest BCUT2D eigenvalue weighted by atomic mass is 9.95. The fraction of sp³-hybridized carbons (Fsp3) is 0.850. The van der Waals surface area contributed by atoms with Crippen LogP contribution in [-0.4, -0.2) is 61.6 Å². The van der Waals surface area contributed by atoms with Crippen LogP contribution in [0.1, 0.15) is 65.2 Å². The van der Waals surface area contributed by atoms with Crippen LogP contribution in [-0.2, 0) is 14.3 Å². The van der Waals surface area contributed by atoms with Crippen LogP contribution in [0.2, 0.25) is 0 Å². The Hall–Kier alpha value is -1.06. The zero-order valence-electron chi connectivity index (χ0n) is 17.4. The molecular weight excluding hydrogens is 471 g/mol. The van der Waals surface area contributed by atoms with Crippen molar-refractivity contribution >= 4 is 41.8 Å². The molecule has 0 aromatic heterocycles. The number of carbonyl (C=O) groups is 2. The maximum atomic E-state index is 12.1. The summed E-state index contributed by atoms with van der Waals surface area (Å²) in [4.78, 5) is 30.8. The number of halogens is 1. The maximum absolute atomic E-state index is 12.1. The van der Waals surface area contributed by atoms with E-state index in [4.69, 9.17) is 4.74 Å². The number of guanidine groups is 1. The van der Waals surface area contributed by atoms with Gasteiger partial charge in [-0.1, -0.05) is 19.3 Å². The first-order valence-electron chi connectivity index (χ1n) is 10.6. The Labute approximate surface area is 186 Å². The van der Waals surface area contributed by atoms with Gasteiger partial charge in [-0.15, -0.1) is 24.0 Å². The first kappa shape index (κ1) is 25.0. The summed E-state index contributed by atoms with van der Waals surface area (Å²) < 4.78 is 5.13. The summed E-state index contributed by atoms with van der Waals surface area (Å²) >= 11 is 0. The summed E-state index contributed by atoms with van der Waals surface area (Å²) in [6, 6.07) is 0.352. The number of hydrogen-bond acceptors (Lipinski definition) is 4. The quantitative estimate of drug-likeness (QED) is 0.239. The lowest BCUT2D eigenvalue weighted by Crippen LogP contribution is -2.47. The molecule has 0 bridgehead atoms. The number of carbonyl (C=O) groups excluding carboxylic acids is 2. The minimum Gasteiger partial charge on any atom is -0.466 e. The number of likely N-dealkylation sites (tertiary alicyclic amines) is 1. The third kappa shape index (κ3) is 8.53. The van der Waals surface area contributed by atoms with Gasteiger partial charge in [-0.25, -0.2) is 0 Å². The van der Waals surface area contributed by atoms with E-state index in [1.165, 1.54) is 19.3 Å². The molecule has 1 heterocycles. The van der Waals surface area contributed by atoms with Crippen molar-refractivity contribution in [3.8, 4) is 0 Å². The SMILES string of the molecule is CCNC(=NCCC(=O)NC1CCCCC1)N1CCC(C(=O)OCC)CC1.I. The second-order valence-corrected chi connectivity index (χ2v) is 7.40. The minimum absolute atomic E-state index is 0. The van der Waals surface area contributed by atoms with Crippen LogP contribution in [0.5, 0.6) is 0 Å². The van der Waals surface area contributed by atoms with E-state index in [2.05, 4.69) is 20.5 Å². The molecule has 1 saturated heterocycles. The third-order valence-corrected chi connectivity index (χ3v) is 5.32. The van der Waals surface area contributed by atoms with Crippen LogP contribution in [0.4, 0.5) is 0 Å². The van der Waals surface area contributed by atoms with E-state index in [-0.39, 0.29) is 41.8 Å². The summed E-state index contributed by atoms with van der Waals surface area (Å²) in [7, 11) is 0. The van der Waals surface area contributed by atoms with Gasteiger partial charge in [0.1, 0.15) is 0 Å². The smallest absolute Gasteiger partial charge is 0.309 e. The van der Waals surface area contributed by atoms with Crippen molar-refractivity contribution in [1.82, 2.24) is 15.5 Å². The van der Waals surface area contributed by atoms with Gasteiger partial charge in [-0.2, -0.15) is 0 Å². The average molecular weight is 508 g/mol. The highest BCUT2D eigenvalue weighted by Crippen LogP contribution is 2.19. The highest BCUT2D eigenvalue weighted by atomic mass is 127. The third-order valence-electron chi connectivity index (χ3n) is 5.32. The van der Waals surface area contributed by atoms with E-state index in [9.17, 15) is 9.59 Å². The topological polar surface area (TPSA) is 83.0 Å².